The Balaban J connectivity index is 1.87. The minimum atomic E-state index is 0.0836. The van der Waals surface area contributed by atoms with Crippen molar-refractivity contribution in [2.75, 3.05) is 11.4 Å². The highest BCUT2D eigenvalue weighted by Gasteiger charge is 2.31. The van der Waals surface area contributed by atoms with Crippen molar-refractivity contribution in [1.29, 1.82) is 0 Å². The van der Waals surface area contributed by atoms with Crippen LogP contribution in [0.4, 0.5) is 5.69 Å². The Labute approximate surface area is 166 Å². The Morgan fingerprint density at radius 3 is 2.39 bits per heavy atom. The summed E-state index contributed by atoms with van der Waals surface area (Å²) in [5.41, 5.74) is 9.98. The van der Waals surface area contributed by atoms with Gasteiger partial charge in [0.25, 0.3) is 5.91 Å². The molecule has 2 aromatic carbocycles. The summed E-state index contributed by atoms with van der Waals surface area (Å²) in [6.45, 7) is 11.3. The topological polar surface area (TPSA) is 25.2 Å². The number of hydrogen-bond donors (Lipinski definition) is 0. The Bertz CT molecular complexity index is 1120. The third kappa shape index (κ3) is 2.70. The van der Waals surface area contributed by atoms with E-state index in [0.717, 1.165) is 28.1 Å². The maximum atomic E-state index is 13.0. The maximum absolute atomic E-state index is 13.0. The molecule has 0 bridgehead atoms. The first-order chi connectivity index (χ1) is 13.4. The number of hydrogen-bond acceptors (Lipinski definition) is 1. The smallest absolute Gasteiger partial charge is 0.258 e. The Kier molecular flexibility index (Phi) is 4.46. The predicted molar refractivity (Wildman–Crippen MR) is 117 cm³/mol. The lowest BCUT2D eigenvalue weighted by molar-refractivity contribution is -0.112. The van der Waals surface area contributed by atoms with Gasteiger partial charge in [-0.25, -0.2) is 0 Å². The van der Waals surface area contributed by atoms with Crippen LogP contribution in [0.15, 0.2) is 48.5 Å². The lowest BCUT2D eigenvalue weighted by Crippen LogP contribution is -2.25. The van der Waals surface area contributed by atoms with Crippen molar-refractivity contribution in [2.45, 2.75) is 34.6 Å². The molecule has 0 saturated carbocycles. The van der Waals surface area contributed by atoms with Crippen LogP contribution in [0.5, 0.6) is 0 Å². The van der Waals surface area contributed by atoms with Gasteiger partial charge in [-0.15, -0.1) is 0 Å². The molecule has 0 spiro atoms. The fraction of sp³-hybridized carbons (Fsp3) is 0.240. The molecule has 28 heavy (non-hydrogen) atoms. The summed E-state index contributed by atoms with van der Waals surface area (Å²) in [5.74, 6) is 0.0836. The quantitative estimate of drug-likeness (QED) is 0.550. The van der Waals surface area contributed by atoms with Crippen molar-refractivity contribution >= 4 is 23.2 Å². The molecule has 1 aliphatic heterocycles. The van der Waals surface area contributed by atoms with E-state index in [9.17, 15) is 4.79 Å². The van der Waals surface area contributed by atoms with Gasteiger partial charge in [-0.2, -0.15) is 0 Å². The van der Waals surface area contributed by atoms with E-state index >= 15 is 0 Å². The number of para-hydroxylation sites is 1. The molecule has 2 heterocycles. The van der Waals surface area contributed by atoms with Crippen LogP contribution >= 0.6 is 0 Å². The highest BCUT2D eigenvalue weighted by molar-refractivity contribution is 6.35. The lowest BCUT2D eigenvalue weighted by Gasteiger charge is -2.14. The fourth-order valence-electron chi connectivity index (χ4n) is 4.20. The summed E-state index contributed by atoms with van der Waals surface area (Å²) in [6.07, 6.45) is 2.06. The largest absolute Gasteiger partial charge is 0.318 e. The molecule has 4 rings (SSSR count). The van der Waals surface area contributed by atoms with Gasteiger partial charge in [-0.05, 0) is 75.6 Å². The monoisotopic (exact) mass is 370 g/mol. The van der Waals surface area contributed by atoms with E-state index in [-0.39, 0.29) is 5.91 Å². The van der Waals surface area contributed by atoms with Crippen LogP contribution in [-0.4, -0.2) is 17.0 Å². The summed E-state index contributed by atoms with van der Waals surface area (Å²) in [7, 11) is 0. The number of carbonyl (C=O) groups is 1. The number of rotatable bonds is 3. The molecular formula is C25H26N2O. The van der Waals surface area contributed by atoms with Gasteiger partial charge in [0.2, 0.25) is 0 Å². The van der Waals surface area contributed by atoms with Crippen LogP contribution in [-0.2, 0) is 4.79 Å². The molecule has 0 atom stereocenters. The molecule has 0 radical (unpaired) electrons. The predicted octanol–water partition coefficient (Wildman–Crippen LogP) is 5.62. The average molecular weight is 370 g/mol. The summed E-state index contributed by atoms with van der Waals surface area (Å²) in [5, 5.41) is 0. The molecule has 3 nitrogen and oxygen atoms in total. The molecule has 3 aromatic rings. The third-order valence-corrected chi connectivity index (χ3v) is 5.86. The maximum Gasteiger partial charge on any atom is 0.258 e. The Morgan fingerprint density at radius 1 is 0.929 bits per heavy atom. The van der Waals surface area contributed by atoms with Crippen LogP contribution in [0.2, 0.25) is 0 Å². The molecule has 3 heteroatoms. The van der Waals surface area contributed by atoms with Gasteiger partial charge in [0.1, 0.15) is 0 Å². The van der Waals surface area contributed by atoms with Gasteiger partial charge < -0.3 is 9.47 Å². The standard InChI is InChI=1S/C25H26N2O/c1-6-26-24-12-8-7-11-21(24)22(25(26)28)15-20-14-17(3)27(19(20)5)23-13-9-10-16(2)18(23)4/h7-15H,6H2,1-5H3/b22-15+. The minimum Gasteiger partial charge on any atom is -0.318 e. The SMILES string of the molecule is CCN1C(=O)/C(=C/c2cc(C)n(-c3cccc(C)c3C)c2C)c2ccccc21. The number of amides is 1. The summed E-state index contributed by atoms with van der Waals surface area (Å²) < 4.78 is 2.29. The zero-order valence-corrected chi connectivity index (χ0v) is 17.2. The van der Waals surface area contributed by atoms with Crippen LogP contribution < -0.4 is 4.90 Å². The van der Waals surface area contributed by atoms with Crippen molar-refractivity contribution in [3.8, 4) is 5.69 Å². The number of aromatic nitrogens is 1. The van der Waals surface area contributed by atoms with Gasteiger partial charge in [-0.3, -0.25) is 4.79 Å². The number of likely N-dealkylation sites (N-methyl/N-ethyl adjacent to an activating group) is 1. The second-order valence-corrected chi connectivity index (χ2v) is 7.51. The Hall–Kier alpha value is -3.07. The van der Waals surface area contributed by atoms with Gasteiger partial charge in [0.05, 0.1) is 5.69 Å². The summed E-state index contributed by atoms with van der Waals surface area (Å²) >= 11 is 0. The van der Waals surface area contributed by atoms with Crippen molar-refractivity contribution in [1.82, 2.24) is 4.57 Å². The van der Waals surface area contributed by atoms with Crippen LogP contribution in [0.25, 0.3) is 17.3 Å². The normalized spacial score (nSPS) is 14.8. The fourth-order valence-corrected chi connectivity index (χ4v) is 4.20. The van der Waals surface area contributed by atoms with Gasteiger partial charge in [0, 0.05) is 34.8 Å². The van der Waals surface area contributed by atoms with Crippen LogP contribution in [0.3, 0.4) is 0 Å². The number of anilines is 1. The molecule has 0 N–H and O–H groups in total. The van der Waals surface area contributed by atoms with E-state index in [2.05, 4.69) is 62.6 Å². The van der Waals surface area contributed by atoms with E-state index in [1.54, 1.807) is 0 Å². The average Bonchev–Trinajstić information content (AvgIpc) is 3.11. The molecule has 1 amide bonds. The highest BCUT2D eigenvalue weighted by atomic mass is 16.2. The second kappa shape index (κ2) is 6.83. The molecule has 0 unspecified atom stereocenters. The lowest BCUT2D eigenvalue weighted by atomic mass is 10.0. The number of fused-ring (bicyclic) bond motifs is 1. The van der Waals surface area contributed by atoms with Crippen LogP contribution in [0, 0.1) is 27.7 Å². The van der Waals surface area contributed by atoms with E-state index < -0.39 is 0 Å². The van der Waals surface area contributed by atoms with Crippen molar-refractivity contribution in [2.24, 2.45) is 0 Å². The molecule has 1 aromatic heterocycles. The first-order valence-electron chi connectivity index (χ1n) is 9.82. The van der Waals surface area contributed by atoms with Crippen molar-refractivity contribution in [3.05, 3.63) is 82.2 Å². The molecule has 0 saturated heterocycles. The van der Waals surface area contributed by atoms with E-state index in [4.69, 9.17) is 0 Å². The molecular weight excluding hydrogens is 344 g/mol. The first-order valence-corrected chi connectivity index (χ1v) is 9.82. The van der Waals surface area contributed by atoms with E-state index in [1.807, 2.05) is 36.1 Å². The summed E-state index contributed by atoms with van der Waals surface area (Å²) in [4.78, 5) is 14.9. The number of benzene rings is 2. The second-order valence-electron chi connectivity index (χ2n) is 7.51. The number of aryl methyl sites for hydroxylation is 2. The summed E-state index contributed by atoms with van der Waals surface area (Å²) in [6, 6.07) is 16.6. The third-order valence-electron chi connectivity index (χ3n) is 5.86. The Morgan fingerprint density at radius 2 is 1.64 bits per heavy atom. The minimum absolute atomic E-state index is 0.0836. The highest BCUT2D eigenvalue weighted by Crippen LogP contribution is 2.38. The molecule has 1 aliphatic rings. The molecule has 0 aliphatic carbocycles. The van der Waals surface area contributed by atoms with Gasteiger partial charge in [-0.1, -0.05) is 30.3 Å². The van der Waals surface area contributed by atoms with E-state index in [1.165, 1.54) is 22.5 Å². The van der Waals surface area contributed by atoms with Gasteiger partial charge >= 0.3 is 0 Å². The first kappa shape index (κ1) is 18.3. The number of nitrogens with zero attached hydrogens (tertiary/aromatic N) is 2. The van der Waals surface area contributed by atoms with Crippen molar-refractivity contribution in [3.63, 3.8) is 0 Å². The molecule has 0 fully saturated rings. The van der Waals surface area contributed by atoms with Gasteiger partial charge in [0.15, 0.2) is 0 Å². The zero-order chi connectivity index (χ0) is 20.0. The number of carbonyl (C=O) groups excluding carboxylic acids is 1. The van der Waals surface area contributed by atoms with E-state index in [0.29, 0.717) is 6.54 Å². The molecule has 142 valence electrons. The van der Waals surface area contributed by atoms with Crippen molar-refractivity contribution < 1.29 is 4.79 Å². The zero-order valence-electron chi connectivity index (χ0n) is 17.2. The van der Waals surface area contributed by atoms with Crippen LogP contribution in [0.1, 0.15) is 40.6 Å².